The van der Waals surface area contributed by atoms with Crippen molar-refractivity contribution in [1.82, 2.24) is 4.90 Å². The van der Waals surface area contributed by atoms with Crippen molar-refractivity contribution in [2.45, 2.75) is 53.5 Å². The smallest absolute Gasteiger partial charge is 0.327 e. The Morgan fingerprint density at radius 3 is 2.30 bits per heavy atom. The highest BCUT2D eigenvalue weighted by Crippen LogP contribution is 2.60. The van der Waals surface area contributed by atoms with Gasteiger partial charge in [-0.25, -0.2) is 4.79 Å². The summed E-state index contributed by atoms with van der Waals surface area (Å²) in [6.45, 7) is 9.21. The van der Waals surface area contributed by atoms with E-state index in [0.29, 0.717) is 12.8 Å². The number of amides is 2. The third-order valence-electron chi connectivity index (χ3n) is 5.62. The Bertz CT molecular complexity index is 482. The van der Waals surface area contributed by atoms with Gasteiger partial charge >= 0.3 is 5.97 Å². The van der Waals surface area contributed by atoms with Crippen LogP contribution >= 0.6 is 0 Å². The molecular weight excluding hydrogens is 258 g/mol. The molecule has 1 saturated carbocycles. The fourth-order valence-electron chi connectivity index (χ4n) is 3.81. The van der Waals surface area contributed by atoms with Crippen molar-refractivity contribution in [2.75, 3.05) is 0 Å². The number of carboxylic acids is 1. The van der Waals surface area contributed by atoms with Gasteiger partial charge < -0.3 is 5.11 Å². The van der Waals surface area contributed by atoms with Crippen molar-refractivity contribution in [3.8, 4) is 0 Å². The second kappa shape index (κ2) is 4.30. The highest BCUT2D eigenvalue weighted by atomic mass is 16.4. The van der Waals surface area contributed by atoms with Crippen LogP contribution in [0.3, 0.4) is 0 Å². The van der Waals surface area contributed by atoms with Gasteiger partial charge in [0.1, 0.15) is 6.04 Å². The normalized spacial score (nSPS) is 33.7. The summed E-state index contributed by atoms with van der Waals surface area (Å²) < 4.78 is 0. The van der Waals surface area contributed by atoms with E-state index in [-0.39, 0.29) is 23.7 Å². The number of carboxylic acid groups (broad SMARTS) is 1. The maximum Gasteiger partial charge on any atom is 0.327 e. The SMILES string of the molecule is CC(C)[C@@H](C(=O)O)N1C(=O)[C@@H]2CC[C@@](C)(C1=O)C2(C)C. The Morgan fingerprint density at radius 1 is 1.30 bits per heavy atom. The zero-order valence-electron chi connectivity index (χ0n) is 12.8. The molecule has 0 aromatic heterocycles. The third kappa shape index (κ3) is 1.64. The third-order valence-corrected chi connectivity index (χ3v) is 5.62. The Balaban J connectivity index is 2.51. The van der Waals surface area contributed by atoms with Gasteiger partial charge in [-0.2, -0.15) is 0 Å². The molecule has 0 aromatic carbocycles. The molecule has 2 aliphatic rings. The molecule has 3 atom stereocenters. The lowest BCUT2D eigenvalue weighted by Crippen LogP contribution is -2.64. The maximum atomic E-state index is 12.8. The summed E-state index contributed by atoms with van der Waals surface area (Å²) in [6.07, 6.45) is 1.31. The number of carbonyl (C=O) groups is 3. The summed E-state index contributed by atoms with van der Waals surface area (Å²) in [5.74, 6) is -2.29. The number of piperidine rings is 1. The van der Waals surface area contributed by atoms with Gasteiger partial charge in [0.15, 0.2) is 0 Å². The van der Waals surface area contributed by atoms with Crippen molar-refractivity contribution < 1.29 is 19.5 Å². The summed E-state index contributed by atoms with van der Waals surface area (Å²) in [5.41, 5.74) is -1.05. The van der Waals surface area contributed by atoms with Crippen LogP contribution in [0.25, 0.3) is 0 Å². The molecule has 0 spiro atoms. The van der Waals surface area contributed by atoms with Gasteiger partial charge in [-0.3, -0.25) is 14.5 Å². The Morgan fingerprint density at radius 2 is 1.85 bits per heavy atom. The van der Waals surface area contributed by atoms with Crippen molar-refractivity contribution in [3.05, 3.63) is 0 Å². The standard InChI is InChI=1S/C15H23NO4/c1-8(2)10(12(18)19)16-11(17)9-6-7-15(5,13(16)20)14(9,3)4/h8-10H,6-7H2,1-5H3,(H,18,19)/t9-,10-,15-/m0/s1. The molecular formula is C15H23NO4. The molecule has 0 radical (unpaired) electrons. The molecule has 1 heterocycles. The molecule has 2 bridgehead atoms. The minimum Gasteiger partial charge on any atom is -0.480 e. The summed E-state index contributed by atoms with van der Waals surface area (Å²) in [4.78, 5) is 38.0. The van der Waals surface area contributed by atoms with Crippen molar-refractivity contribution in [3.63, 3.8) is 0 Å². The van der Waals surface area contributed by atoms with Gasteiger partial charge in [0.2, 0.25) is 11.8 Å². The number of imide groups is 1. The van der Waals surface area contributed by atoms with Crippen LogP contribution in [0.1, 0.15) is 47.5 Å². The highest BCUT2D eigenvalue weighted by molar-refractivity contribution is 6.06. The van der Waals surface area contributed by atoms with Crippen LogP contribution in [-0.4, -0.2) is 33.8 Å². The fourth-order valence-corrected chi connectivity index (χ4v) is 3.81. The molecule has 20 heavy (non-hydrogen) atoms. The van der Waals surface area contributed by atoms with Crippen LogP contribution in [0.15, 0.2) is 0 Å². The van der Waals surface area contributed by atoms with Crippen molar-refractivity contribution in [1.29, 1.82) is 0 Å². The number of nitrogens with zero attached hydrogens (tertiary/aromatic N) is 1. The molecule has 1 N–H and O–H groups in total. The number of hydrogen-bond donors (Lipinski definition) is 1. The molecule has 1 saturated heterocycles. The van der Waals surface area contributed by atoms with Gasteiger partial charge in [-0.05, 0) is 24.2 Å². The zero-order chi connectivity index (χ0) is 15.5. The molecule has 0 aromatic rings. The van der Waals surface area contributed by atoms with Crippen LogP contribution in [0.5, 0.6) is 0 Å². The van der Waals surface area contributed by atoms with Gasteiger partial charge in [0, 0.05) is 5.92 Å². The summed E-state index contributed by atoms with van der Waals surface area (Å²) in [7, 11) is 0. The van der Waals surface area contributed by atoms with Crippen LogP contribution in [-0.2, 0) is 14.4 Å². The lowest BCUT2D eigenvalue weighted by atomic mass is 9.62. The van der Waals surface area contributed by atoms with Crippen LogP contribution in [0, 0.1) is 22.7 Å². The lowest BCUT2D eigenvalue weighted by molar-refractivity contribution is -0.177. The van der Waals surface area contributed by atoms with Crippen LogP contribution in [0.2, 0.25) is 0 Å². The van der Waals surface area contributed by atoms with E-state index in [4.69, 9.17) is 0 Å². The number of rotatable bonds is 3. The summed E-state index contributed by atoms with van der Waals surface area (Å²) in [6, 6.07) is -1.06. The van der Waals surface area contributed by atoms with Gasteiger partial charge in [-0.1, -0.05) is 34.6 Å². The quantitative estimate of drug-likeness (QED) is 0.802. The van der Waals surface area contributed by atoms with Gasteiger partial charge in [0.25, 0.3) is 0 Å². The van der Waals surface area contributed by atoms with Gasteiger partial charge in [-0.15, -0.1) is 0 Å². The van der Waals surface area contributed by atoms with Crippen molar-refractivity contribution in [2.24, 2.45) is 22.7 Å². The highest BCUT2D eigenvalue weighted by Gasteiger charge is 2.65. The Hall–Kier alpha value is -1.39. The number of hydrogen-bond acceptors (Lipinski definition) is 3. The number of carbonyl (C=O) groups excluding carboxylic acids is 2. The van der Waals surface area contributed by atoms with E-state index in [9.17, 15) is 19.5 Å². The van der Waals surface area contributed by atoms with Crippen LogP contribution in [0.4, 0.5) is 0 Å². The van der Waals surface area contributed by atoms with Crippen molar-refractivity contribution >= 4 is 17.8 Å². The van der Waals surface area contributed by atoms with E-state index in [0.717, 1.165) is 4.90 Å². The fraction of sp³-hybridized carbons (Fsp3) is 0.800. The lowest BCUT2D eigenvalue weighted by Gasteiger charge is -2.49. The summed E-state index contributed by atoms with van der Waals surface area (Å²) >= 11 is 0. The Kier molecular flexibility index (Phi) is 3.23. The first-order valence-electron chi connectivity index (χ1n) is 7.16. The van der Waals surface area contributed by atoms with E-state index in [2.05, 4.69) is 0 Å². The summed E-state index contributed by atoms with van der Waals surface area (Å²) in [5, 5.41) is 9.39. The molecule has 2 fully saturated rings. The number of fused-ring (bicyclic) bond motifs is 2. The minimum atomic E-state index is -1.11. The molecule has 112 valence electrons. The molecule has 5 heteroatoms. The molecule has 1 aliphatic heterocycles. The van der Waals surface area contributed by atoms with Crippen LogP contribution < -0.4 is 0 Å². The molecule has 2 amide bonds. The molecule has 2 rings (SSSR count). The monoisotopic (exact) mass is 281 g/mol. The second-order valence-corrected chi connectivity index (χ2v) is 7.19. The first-order chi connectivity index (χ1) is 9.05. The first-order valence-corrected chi connectivity index (χ1v) is 7.16. The predicted octanol–water partition coefficient (Wildman–Crippen LogP) is 1.91. The van der Waals surface area contributed by atoms with E-state index in [1.54, 1.807) is 13.8 Å². The average molecular weight is 281 g/mol. The van der Waals surface area contributed by atoms with E-state index in [1.165, 1.54) is 0 Å². The molecule has 1 aliphatic carbocycles. The molecule has 0 unspecified atom stereocenters. The first kappa shape index (κ1) is 15.0. The maximum absolute atomic E-state index is 12.8. The zero-order valence-corrected chi connectivity index (χ0v) is 12.8. The van der Waals surface area contributed by atoms with E-state index < -0.39 is 22.8 Å². The minimum absolute atomic E-state index is 0.259. The second-order valence-electron chi connectivity index (χ2n) is 7.19. The average Bonchev–Trinajstić information content (AvgIpc) is 2.49. The number of likely N-dealkylation sites (tertiary alicyclic amines) is 1. The largest absolute Gasteiger partial charge is 0.480 e. The van der Waals surface area contributed by atoms with E-state index in [1.807, 2.05) is 20.8 Å². The Labute approximate surface area is 119 Å². The van der Waals surface area contributed by atoms with Gasteiger partial charge in [0.05, 0.1) is 5.41 Å². The predicted molar refractivity (Wildman–Crippen MR) is 72.7 cm³/mol. The topological polar surface area (TPSA) is 74.7 Å². The van der Waals surface area contributed by atoms with E-state index >= 15 is 0 Å². The number of aliphatic carboxylic acids is 1. The molecule has 5 nitrogen and oxygen atoms in total.